The van der Waals surface area contributed by atoms with Gasteiger partial charge in [-0.3, -0.25) is 4.79 Å². The Morgan fingerprint density at radius 2 is 2.40 bits per heavy atom. The van der Waals surface area contributed by atoms with E-state index in [1.807, 2.05) is 12.1 Å². The van der Waals surface area contributed by atoms with Gasteiger partial charge in [0.1, 0.15) is 0 Å². The molecule has 0 saturated heterocycles. The molecule has 1 saturated carbocycles. The molecule has 2 unspecified atom stereocenters. The number of hydrogen-bond acceptors (Lipinski definition) is 3. The first-order valence-electron chi connectivity index (χ1n) is 4.82. The van der Waals surface area contributed by atoms with Gasteiger partial charge in [-0.1, -0.05) is 11.6 Å². The molecule has 1 aliphatic carbocycles. The number of halogens is 1. The summed E-state index contributed by atoms with van der Waals surface area (Å²) in [5.74, 6) is 0.192. The predicted octanol–water partition coefficient (Wildman–Crippen LogP) is 1.71. The maximum atomic E-state index is 11.7. The third kappa shape index (κ3) is 2.51. The summed E-state index contributed by atoms with van der Waals surface area (Å²) in [4.78, 5) is 14.6. The molecule has 1 aliphatic rings. The largest absolute Gasteiger partial charge is 0.340 e. The van der Waals surface area contributed by atoms with Crippen molar-refractivity contribution in [3.8, 4) is 0 Å². The van der Waals surface area contributed by atoms with Gasteiger partial charge >= 0.3 is 0 Å². The van der Waals surface area contributed by atoms with Crippen molar-refractivity contribution in [2.45, 2.75) is 19.0 Å². The smallest absolute Gasteiger partial charge is 0.227 e. The maximum Gasteiger partial charge on any atom is 0.227 e. The van der Waals surface area contributed by atoms with Crippen molar-refractivity contribution >= 4 is 28.8 Å². The number of carbonyl (C=O) groups excluding carboxylic acids is 1. The SMILES string of the molecule is CN(Cc1ccc(Cl)s1)C(=O)C1CC1N. The van der Waals surface area contributed by atoms with Crippen LogP contribution in [0.25, 0.3) is 0 Å². The highest BCUT2D eigenvalue weighted by Crippen LogP contribution is 2.30. The van der Waals surface area contributed by atoms with Gasteiger partial charge in [0.05, 0.1) is 16.8 Å². The minimum atomic E-state index is 0.0467. The zero-order valence-electron chi connectivity index (χ0n) is 8.44. The second-order valence-electron chi connectivity index (χ2n) is 3.91. The van der Waals surface area contributed by atoms with E-state index < -0.39 is 0 Å². The minimum Gasteiger partial charge on any atom is -0.340 e. The molecule has 15 heavy (non-hydrogen) atoms. The highest BCUT2D eigenvalue weighted by molar-refractivity contribution is 7.16. The van der Waals surface area contributed by atoms with E-state index in [9.17, 15) is 4.79 Å². The van der Waals surface area contributed by atoms with Crippen LogP contribution in [0.1, 0.15) is 11.3 Å². The number of hydrogen-bond donors (Lipinski definition) is 1. The molecule has 0 spiro atoms. The summed E-state index contributed by atoms with van der Waals surface area (Å²) in [6.07, 6.45) is 0.828. The van der Waals surface area contributed by atoms with Gasteiger partial charge in [-0.05, 0) is 18.6 Å². The van der Waals surface area contributed by atoms with Crippen LogP contribution in [0.15, 0.2) is 12.1 Å². The Morgan fingerprint density at radius 3 is 2.87 bits per heavy atom. The Kier molecular flexibility index (Phi) is 3.00. The Balaban J connectivity index is 1.92. The van der Waals surface area contributed by atoms with Crippen LogP contribution in [0.4, 0.5) is 0 Å². The van der Waals surface area contributed by atoms with E-state index >= 15 is 0 Å². The summed E-state index contributed by atoms with van der Waals surface area (Å²) in [5.41, 5.74) is 5.64. The van der Waals surface area contributed by atoms with Gasteiger partial charge in [-0.25, -0.2) is 0 Å². The molecule has 2 rings (SSSR count). The summed E-state index contributed by atoms with van der Waals surface area (Å²) in [5, 5.41) is 0. The fourth-order valence-corrected chi connectivity index (χ4v) is 2.67. The average Bonchev–Trinajstić information content (AvgIpc) is 2.77. The zero-order chi connectivity index (χ0) is 11.0. The van der Waals surface area contributed by atoms with Crippen LogP contribution in [0, 0.1) is 5.92 Å². The van der Waals surface area contributed by atoms with Crippen LogP contribution in [-0.4, -0.2) is 23.9 Å². The molecular formula is C10H13ClN2OS. The van der Waals surface area contributed by atoms with E-state index in [4.69, 9.17) is 17.3 Å². The van der Waals surface area contributed by atoms with Crippen LogP contribution >= 0.6 is 22.9 Å². The number of nitrogens with zero attached hydrogens (tertiary/aromatic N) is 1. The lowest BCUT2D eigenvalue weighted by Crippen LogP contribution is -2.29. The first-order valence-corrected chi connectivity index (χ1v) is 6.02. The quantitative estimate of drug-likeness (QED) is 0.880. The fourth-order valence-electron chi connectivity index (χ4n) is 1.53. The summed E-state index contributed by atoms with van der Waals surface area (Å²) >= 11 is 7.32. The molecule has 1 aromatic heterocycles. The number of nitrogens with two attached hydrogens (primary N) is 1. The first-order chi connectivity index (χ1) is 7.08. The average molecular weight is 245 g/mol. The third-order valence-electron chi connectivity index (χ3n) is 2.56. The lowest BCUT2D eigenvalue weighted by molar-refractivity contribution is -0.131. The Bertz CT molecular complexity index is 379. The molecule has 1 amide bonds. The lowest BCUT2D eigenvalue weighted by atomic mass is 10.3. The number of rotatable bonds is 3. The van der Waals surface area contributed by atoms with Gasteiger partial charge in [0, 0.05) is 18.0 Å². The monoisotopic (exact) mass is 244 g/mol. The van der Waals surface area contributed by atoms with Crippen molar-refractivity contribution in [2.24, 2.45) is 11.7 Å². The summed E-state index contributed by atoms with van der Waals surface area (Å²) < 4.78 is 0.758. The number of thiophene rings is 1. The van der Waals surface area contributed by atoms with Gasteiger partial charge < -0.3 is 10.6 Å². The van der Waals surface area contributed by atoms with Gasteiger partial charge in [0.15, 0.2) is 0 Å². The summed E-state index contributed by atoms with van der Waals surface area (Å²) in [6, 6.07) is 3.87. The molecule has 0 aliphatic heterocycles. The van der Waals surface area contributed by atoms with E-state index in [1.165, 1.54) is 11.3 Å². The molecular weight excluding hydrogens is 232 g/mol. The third-order valence-corrected chi connectivity index (χ3v) is 3.77. The van der Waals surface area contributed by atoms with Crippen molar-refractivity contribution in [2.75, 3.05) is 7.05 Å². The van der Waals surface area contributed by atoms with Crippen molar-refractivity contribution in [1.29, 1.82) is 0 Å². The van der Waals surface area contributed by atoms with E-state index in [1.54, 1.807) is 11.9 Å². The molecule has 2 N–H and O–H groups in total. The van der Waals surface area contributed by atoms with Crippen molar-refractivity contribution in [1.82, 2.24) is 4.90 Å². The van der Waals surface area contributed by atoms with E-state index in [2.05, 4.69) is 0 Å². The highest BCUT2D eigenvalue weighted by Gasteiger charge is 2.41. The molecule has 3 nitrogen and oxygen atoms in total. The van der Waals surface area contributed by atoms with Gasteiger partial charge in [0.2, 0.25) is 5.91 Å². The van der Waals surface area contributed by atoms with E-state index in [0.29, 0.717) is 6.54 Å². The highest BCUT2D eigenvalue weighted by atomic mass is 35.5. The second kappa shape index (κ2) is 4.12. The number of amides is 1. The molecule has 2 atom stereocenters. The lowest BCUT2D eigenvalue weighted by Gasteiger charge is -2.15. The van der Waals surface area contributed by atoms with Crippen molar-refractivity contribution < 1.29 is 4.79 Å². The maximum absolute atomic E-state index is 11.7. The zero-order valence-corrected chi connectivity index (χ0v) is 10.0. The van der Waals surface area contributed by atoms with Gasteiger partial charge in [0.25, 0.3) is 0 Å². The van der Waals surface area contributed by atoms with Crippen LogP contribution < -0.4 is 5.73 Å². The number of carbonyl (C=O) groups is 1. The topological polar surface area (TPSA) is 46.3 Å². The van der Waals surface area contributed by atoms with Crippen molar-refractivity contribution in [3.05, 3.63) is 21.3 Å². The molecule has 1 heterocycles. The van der Waals surface area contributed by atoms with Crippen LogP contribution in [0.5, 0.6) is 0 Å². The van der Waals surface area contributed by atoms with Crippen LogP contribution in [0.2, 0.25) is 4.34 Å². The molecule has 0 radical (unpaired) electrons. The molecule has 5 heteroatoms. The van der Waals surface area contributed by atoms with Crippen LogP contribution in [0.3, 0.4) is 0 Å². The second-order valence-corrected chi connectivity index (χ2v) is 5.71. The molecule has 1 aromatic rings. The molecule has 1 fully saturated rings. The molecule has 82 valence electrons. The molecule has 0 aromatic carbocycles. The van der Waals surface area contributed by atoms with E-state index in [0.717, 1.165) is 15.6 Å². The standard InChI is InChI=1S/C10H13ClN2OS/c1-13(10(14)7-4-8(7)12)5-6-2-3-9(11)15-6/h2-3,7-8H,4-5,12H2,1H3. The first kappa shape index (κ1) is 10.9. The van der Waals surface area contributed by atoms with Gasteiger partial charge in [-0.15, -0.1) is 11.3 Å². The Labute approximate surface area is 97.8 Å². The Morgan fingerprint density at radius 1 is 1.73 bits per heavy atom. The predicted molar refractivity (Wildman–Crippen MR) is 61.9 cm³/mol. The Hall–Kier alpha value is -0.580. The summed E-state index contributed by atoms with van der Waals surface area (Å²) in [7, 11) is 1.81. The summed E-state index contributed by atoms with van der Waals surface area (Å²) in [6.45, 7) is 0.624. The normalized spacial score (nSPS) is 23.9. The fraction of sp³-hybridized carbons (Fsp3) is 0.500. The molecule has 0 bridgehead atoms. The minimum absolute atomic E-state index is 0.0467. The van der Waals surface area contributed by atoms with E-state index in [-0.39, 0.29) is 17.9 Å². The van der Waals surface area contributed by atoms with Crippen molar-refractivity contribution in [3.63, 3.8) is 0 Å². The van der Waals surface area contributed by atoms with Gasteiger partial charge in [-0.2, -0.15) is 0 Å². The van der Waals surface area contributed by atoms with Crippen LogP contribution in [-0.2, 0) is 11.3 Å².